The van der Waals surface area contributed by atoms with Crippen molar-refractivity contribution in [1.29, 1.82) is 0 Å². The van der Waals surface area contributed by atoms with Gasteiger partial charge in [-0.05, 0) is 52.4 Å². The van der Waals surface area contributed by atoms with Crippen molar-refractivity contribution in [2.24, 2.45) is 10.4 Å². The van der Waals surface area contributed by atoms with E-state index in [0.717, 1.165) is 63.7 Å². The molecule has 7 nitrogen and oxygen atoms in total. The highest BCUT2D eigenvalue weighted by Crippen LogP contribution is 2.57. The van der Waals surface area contributed by atoms with E-state index in [4.69, 9.17) is 9.73 Å². The monoisotopic (exact) mass is 530 g/mol. The maximum absolute atomic E-state index is 5.99. The average molecular weight is 530 g/mol. The van der Waals surface area contributed by atoms with E-state index in [0.29, 0.717) is 17.6 Å². The number of guanidine groups is 1. The lowest BCUT2D eigenvalue weighted by Gasteiger charge is -2.61. The van der Waals surface area contributed by atoms with Gasteiger partial charge in [-0.2, -0.15) is 0 Å². The molecule has 2 heterocycles. The van der Waals surface area contributed by atoms with E-state index in [-0.39, 0.29) is 24.0 Å². The van der Waals surface area contributed by atoms with Crippen LogP contribution < -0.4 is 10.6 Å². The zero-order valence-corrected chi connectivity index (χ0v) is 21.0. The second-order valence-corrected chi connectivity index (χ2v) is 8.82. The normalized spacial score (nSPS) is 24.8. The summed E-state index contributed by atoms with van der Waals surface area (Å²) < 4.78 is 8.34. The van der Waals surface area contributed by atoms with Gasteiger partial charge in [-0.1, -0.05) is 12.8 Å². The van der Waals surface area contributed by atoms with E-state index < -0.39 is 0 Å². The van der Waals surface area contributed by atoms with Crippen LogP contribution in [0.5, 0.6) is 0 Å². The van der Waals surface area contributed by atoms with E-state index >= 15 is 0 Å². The van der Waals surface area contributed by atoms with Crippen molar-refractivity contribution in [2.75, 3.05) is 19.7 Å². The Balaban J connectivity index is 0.00000256. The standard InChI is InChI=1S/C22H38N6O.HI/c1-3-23-21(25-17-16-18(29-4-2)22(17)12-9-13-22)24-14-8-11-20-27-26-19-10-6-5-7-15-28(19)20;/h17-18H,3-16H2,1-2H3,(H2,23,24,25);1H. The van der Waals surface area contributed by atoms with Crippen LogP contribution in [0.15, 0.2) is 4.99 Å². The van der Waals surface area contributed by atoms with E-state index in [2.05, 4.69) is 39.2 Å². The molecule has 0 bridgehead atoms. The third-order valence-corrected chi connectivity index (χ3v) is 7.11. The fourth-order valence-corrected chi connectivity index (χ4v) is 5.28. The molecule has 0 saturated heterocycles. The molecule has 2 unspecified atom stereocenters. The lowest BCUT2D eigenvalue weighted by molar-refractivity contribution is -0.168. The van der Waals surface area contributed by atoms with Gasteiger partial charge in [0.25, 0.3) is 0 Å². The minimum absolute atomic E-state index is 0. The van der Waals surface area contributed by atoms with Crippen LogP contribution in [0, 0.1) is 5.41 Å². The molecule has 2 N–H and O–H groups in total. The SMILES string of the molecule is CCNC(=NCCCc1nnc2n1CCCCC2)NC1CC(OCC)C12CCC2.I. The van der Waals surface area contributed by atoms with Gasteiger partial charge in [-0.25, -0.2) is 0 Å². The number of aromatic nitrogens is 3. The molecular weight excluding hydrogens is 491 g/mol. The van der Waals surface area contributed by atoms with Crippen LogP contribution in [0.25, 0.3) is 0 Å². The molecule has 2 fully saturated rings. The number of nitrogens with one attached hydrogen (secondary N) is 2. The first-order valence-electron chi connectivity index (χ1n) is 11.8. The van der Waals surface area contributed by atoms with Crippen molar-refractivity contribution < 1.29 is 4.74 Å². The Kier molecular flexibility index (Phi) is 8.80. The molecule has 0 amide bonds. The minimum atomic E-state index is 0. The number of nitrogens with zero attached hydrogens (tertiary/aromatic N) is 4. The molecule has 30 heavy (non-hydrogen) atoms. The van der Waals surface area contributed by atoms with Crippen LogP contribution in [-0.4, -0.2) is 52.6 Å². The number of ether oxygens (including phenoxy) is 1. The minimum Gasteiger partial charge on any atom is -0.378 e. The highest BCUT2D eigenvalue weighted by molar-refractivity contribution is 14.0. The number of hydrogen-bond donors (Lipinski definition) is 2. The maximum Gasteiger partial charge on any atom is 0.191 e. The van der Waals surface area contributed by atoms with Crippen LogP contribution in [0.3, 0.4) is 0 Å². The molecule has 1 spiro atoms. The summed E-state index contributed by atoms with van der Waals surface area (Å²) >= 11 is 0. The molecule has 1 aliphatic heterocycles. The van der Waals surface area contributed by atoms with E-state index in [1.54, 1.807) is 0 Å². The number of fused-ring (bicyclic) bond motifs is 1. The highest BCUT2D eigenvalue weighted by atomic mass is 127. The third kappa shape index (κ3) is 4.95. The highest BCUT2D eigenvalue weighted by Gasteiger charge is 2.59. The summed E-state index contributed by atoms with van der Waals surface area (Å²) in [6.45, 7) is 7.83. The van der Waals surface area contributed by atoms with Gasteiger partial charge in [0.1, 0.15) is 11.6 Å². The van der Waals surface area contributed by atoms with Gasteiger partial charge in [0.05, 0.1) is 6.10 Å². The number of rotatable bonds is 8. The van der Waals surface area contributed by atoms with Crippen molar-refractivity contribution in [3.8, 4) is 0 Å². The summed E-state index contributed by atoms with van der Waals surface area (Å²) in [7, 11) is 0. The van der Waals surface area contributed by atoms with Crippen molar-refractivity contribution in [1.82, 2.24) is 25.4 Å². The first kappa shape index (κ1) is 23.8. The Bertz CT molecular complexity index is 702. The fourth-order valence-electron chi connectivity index (χ4n) is 5.28. The molecule has 4 rings (SSSR count). The number of halogens is 1. The fraction of sp³-hybridized carbons (Fsp3) is 0.864. The second kappa shape index (κ2) is 11.1. The van der Waals surface area contributed by atoms with Gasteiger partial charge >= 0.3 is 0 Å². The average Bonchev–Trinajstić information content (AvgIpc) is 2.89. The maximum atomic E-state index is 5.99. The topological polar surface area (TPSA) is 76.4 Å². The summed E-state index contributed by atoms with van der Waals surface area (Å²) in [4.78, 5) is 4.86. The first-order valence-corrected chi connectivity index (χ1v) is 11.8. The quantitative estimate of drug-likeness (QED) is 0.233. The molecule has 8 heteroatoms. The van der Waals surface area contributed by atoms with Gasteiger partial charge in [-0.15, -0.1) is 34.2 Å². The van der Waals surface area contributed by atoms with Gasteiger partial charge in [0.2, 0.25) is 0 Å². The molecule has 0 aromatic carbocycles. The molecule has 0 radical (unpaired) electrons. The molecule has 2 saturated carbocycles. The van der Waals surface area contributed by atoms with Crippen LogP contribution in [-0.2, 0) is 24.1 Å². The van der Waals surface area contributed by atoms with E-state index in [9.17, 15) is 0 Å². The largest absolute Gasteiger partial charge is 0.378 e. The molecule has 170 valence electrons. The molecule has 2 aliphatic carbocycles. The first-order chi connectivity index (χ1) is 14.3. The Hall–Kier alpha value is -0.900. The zero-order valence-electron chi connectivity index (χ0n) is 18.7. The molecule has 2 atom stereocenters. The predicted molar refractivity (Wildman–Crippen MR) is 131 cm³/mol. The van der Waals surface area contributed by atoms with Crippen LogP contribution in [0.4, 0.5) is 0 Å². The van der Waals surface area contributed by atoms with Crippen LogP contribution in [0.1, 0.15) is 76.9 Å². The molecule has 3 aliphatic rings. The number of aliphatic imine (C=N–C) groups is 1. The summed E-state index contributed by atoms with van der Waals surface area (Å²) in [5, 5.41) is 16.0. The lowest BCUT2D eigenvalue weighted by Crippen LogP contribution is -2.68. The number of aryl methyl sites for hydroxylation is 2. The zero-order chi connectivity index (χ0) is 20.1. The number of hydrogen-bond acceptors (Lipinski definition) is 4. The second-order valence-electron chi connectivity index (χ2n) is 8.82. The summed E-state index contributed by atoms with van der Waals surface area (Å²) in [5.74, 6) is 3.27. The summed E-state index contributed by atoms with van der Waals surface area (Å²) in [5.41, 5.74) is 0.352. The Morgan fingerprint density at radius 1 is 1.20 bits per heavy atom. The Morgan fingerprint density at radius 3 is 2.80 bits per heavy atom. The van der Waals surface area contributed by atoms with Crippen molar-refractivity contribution >= 4 is 29.9 Å². The Labute approximate surface area is 198 Å². The van der Waals surface area contributed by atoms with Crippen molar-refractivity contribution in [3.05, 3.63) is 11.6 Å². The van der Waals surface area contributed by atoms with Crippen LogP contribution in [0.2, 0.25) is 0 Å². The smallest absolute Gasteiger partial charge is 0.191 e. The predicted octanol–water partition coefficient (Wildman–Crippen LogP) is 3.46. The van der Waals surface area contributed by atoms with Gasteiger partial charge in [-0.3, -0.25) is 4.99 Å². The van der Waals surface area contributed by atoms with E-state index in [1.807, 2.05) is 0 Å². The molecular formula is C22H39IN6O. The summed E-state index contributed by atoms with van der Waals surface area (Å²) in [6, 6.07) is 0.498. The Morgan fingerprint density at radius 2 is 2.07 bits per heavy atom. The van der Waals surface area contributed by atoms with E-state index in [1.165, 1.54) is 44.3 Å². The lowest BCUT2D eigenvalue weighted by atomic mass is 9.51. The third-order valence-electron chi connectivity index (χ3n) is 7.11. The van der Waals surface area contributed by atoms with Gasteiger partial charge < -0.3 is 19.9 Å². The van der Waals surface area contributed by atoms with Gasteiger partial charge in [0, 0.05) is 50.5 Å². The van der Waals surface area contributed by atoms with Gasteiger partial charge in [0.15, 0.2) is 5.96 Å². The van der Waals surface area contributed by atoms with Crippen LogP contribution >= 0.6 is 24.0 Å². The van der Waals surface area contributed by atoms with Crippen molar-refractivity contribution in [3.63, 3.8) is 0 Å². The molecule has 1 aromatic rings. The molecule has 1 aromatic heterocycles. The van der Waals surface area contributed by atoms with Crippen molar-refractivity contribution in [2.45, 2.75) is 96.7 Å². The summed E-state index contributed by atoms with van der Waals surface area (Å²) in [6.07, 6.45) is 12.3.